The summed E-state index contributed by atoms with van der Waals surface area (Å²) < 4.78 is 48.7. The molecule has 0 aliphatic carbocycles. The first kappa shape index (κ1) is 16.7. The molecule has 0 spiro atoms. The smallest absolute Gasteiger partial charge is 0.346 e. The van der Waals surface area contributed by atoms with Gasteiger partial charge in [0, 0.05) is 6.54 Å². The quantitative estimate of drug-likeness (QED) is 0.821. The Balaban J connectivity index is 2.44. The van der Waals surface area contributed by atoms with Crippen LogP contribution in [0.2, 0.25) is 5.02 Å². The van der Waals surface area contributed by atoms with E-state index in [4.69, 9.17) is 11.6 Å². The SMILES string of the molecule is CC(NCc1ccc(F)c(Cl)c1)C(=O)NCC(F)(F)F. The first-order valence-electron chi connectivity index (χ1n) is 5.71. The molecule has 0 saturated carbocycles. The van der Waals surface area contributed by atoms with Crippen LogP contribution in [0.4, 0.5) is 17.6 Å². The summed E-state index contributed by atoms with van der Waals surface area (Å²) in [6.07, 6.45) is -4.44. The molecular formula is C12H13ClF4N2O. The van der Waals surface area contributed by atoms with Crippen LogP contribution >= 0.6 is 11.6 Å². The third-order valence-corrected chi connectivity index (χ3v) is 2.74. The molecule has 0 saturated heterocycles. The van der Waals surface area contributed by atoms with E-state index in [1.165, 1.54) is 25.1 Å². The molecule has 20 heavy (non-hydrogen) atoms. The van der Waals surface area contributed by atoms with Crippen molar-refractivity contribution >= 4 is 17.5 Å². The van der Waals surface area contributed by atoms with E-state index in [1.807, 2.05) is 0 Å². The Hall–Kier alpha value is -1.34. The van der Waals surface area contributed by atoms with Gasteiger partial charge < -0.3 is 10.6 Å². The molecule has 0 aromatic heterocycles. The first-order chi connectivity index (χ1) is 9.19. The number of amides is 1. The zero-order valence-corrected chi connectivity index (χ0v) is 11.3. The van der Waals surface area contributed by atoms with Crippen molar-refractivity contribution in [1.29, 1.82) is 0 Å². The van der Waals surface area contributed by atoms with Crippen LogP contribution in [-0.2, 0) is 11.3 Å². The topological polar surface area (TPSA) is 41.1 Å². The van der Waals surface area contributed by atoms with Crippen molar-refractivity contribution in [2.45, 2.75) is 25.7 Å². The maximum Gasteiger partial charge on any atom is 0.405 e. The summed E-state index contributed by atoms with van der Waals surface area (Å²) in [6, 6.07) is 3.20. The minimum atomic E-state index is -4.44. The number of carbonyl (C=O) groups is 1. The lowest BCUT2D eigenvalue weighted by Crippen LogP contribution is -2.44. The highest BCUT2D eigenvalue weighted by Crippen LogP contribution is 2.16. The van der Waals surface area contributed by atoms with E-state index in [1.54, 1.807) is 5.32 Å². The Bertz CT molecular complexity index is 479. The summed E-state index contributed by atoms with van der Waals surface area (Å²) in [7, 11) is 0. The molecule has 0 heterocycles. The second kappa shape index (κ2) is 6.90. The largest absolute Gasteiger partial charge is 0.405 e. The molecule has 0 aliphatic heterocycles. The highest BCUT2D eigenvalue weighted by atomic mass is 35.5. The Morgan fingerprint density at radius 3 is 2.60 bits per heavy atom. The van der Waals surface area contributed by atoms with Gasteiger partial charge in [0.2, 0.25) is 5.91 Å². The van der Waals surface area contributed by atoms with Crippen molar-refractivity contribution in [3.63, 3.8) is 0 Å². The number of hydrogen-bond donors (Lipinski definition) is 2. The minimum Gasteiger partial charge on any atom is -0.346 e. The standard InChI is InChI=1S/C12H13ClF4N2O/c1-7(11(20)19-6-12(15,16)17)18-5-8-2-3-10(14)9(13)4-8/h2-4,7,18H,5-6H2,1H3,(H,19,20). The van der Waals surface area contributed by atoms with E-state index in [2.05, 4.69) is 5.32 Å². The van der Waals surface area contributed by atoms with Gasteiger partial charge in [-0.2, -0.15) is 13.2 Å². The molecule has 1 atom stereocenters. The third-order valence-electron chi connectivity index (χ3n) is 2.45. The van der Waals surface area contributed by atoms with E-state index >= 15 is 0 Å². The van der Waals surface area contributed by atoms with Crippen LogP contribution in [0.25, 0.3) is 0 Å². The van der Waals surface area contributed by atoms with Crippen LogP contribution < -0.4 is 10.6 Å². The van der Waals surface area contributed by atoms with E-state index in [9.17, 15) is 22.4 Å². The summed E-state index contributed by atoms with van der Waals surface area (Å²) in [6.45, 7) is 0.234. The first-order valence-corrected chi connectivity index (χ1v) is 6.08. The van der Waals surface area contributed by atoms with E-state index in [-0.39, 0.29) is 11.6 Å². The molecule has 1 aromatic carbocycles. The normalized spacial score (nSPS) is 13.1. The molecule has 1 aromatic rings. The summed E-state index contributed by atoms with van der Waals surface area (Å²) >= 11 is 5.58. The van der Waals surface area contributed by atoms with Gasteiger partial charge >= 0.3 is 6.18 Å². The van der Waals surface area contributed by atoms with Gasteiger partial charge in [-0.3, -0.25) is 4.79 Å². The number of alkyl halides is 3. The van der Waals surface area contributed by atoms with E-state index in [0.717, 1.165) is 0 Å². The molecule has 112 valence electrons. The molecule has 0 bridgehead atoms. The zero-order chi connectivity index (χ0) is 15.3. The number of rotatable bonds is 5. The van der Waals surface area contributed by atoms with Gasteiger partial charge in [-0.05, 0) is 24.6 Å². The monoisotopic (exact) mass is 312 g/mol. The number of halogens is 5. The van der Waals surface area contributed by atoms with Gasteiger partial charge in [-0.15, -0.1) is 0 Å². The van der Waals surface area contributed by atoms with Crippen LogP contribution in [0.5, 0.6) is 0 Å². The van der Waals surface area contributed by atoms with Gasteiger partial charge in [0.05, 0.1) is 11.1 Å². The molecule has 2 N–H and O–H groups in total. The van der Waals surface area contributed by atoms with Gasteiger partial charge in [-0.1, -0.05) is 17.7 Å². The summed E-state index contributed by atoms with van der Waals surface area (Å²) in [5.74, 6) is -1.33. The molecule has 0 radical (unpaired) electrons. The molecule has 8 heteroatoms. The van der Waals surface area contributed by atoms with Crippen molar-refractivity contribution in [3.05, 3.63) is 34.6 Å². The maximum absolute atomic E-state index is 12.9. The highest BCUT2D eigenvalue weighted by Gasteiger charge is 2.28. The fourth-order valence-corrected chi connectivity index (χ4v) is 1.56. The molecule has 0 aliphatic rings. The second-order valence-electron chi connectivity index (χ2n) is 4.18. The maximum atomic E-state index is 12.9. The van der Waals surface area contributed by atoms with Crippen LogP contribution in [-0.4, -0.2) is 24.7 Å². The van der Waals surface area contributed by atoms with Gasteiger partial charge in [0.15, 0.2) is 0 Å². The fraction of sp³-hybridized carbons (Fsp3) is 0.417. The van der Waals surface area contributed by atoms with Crippen LogP contribution in [0.3, 0.4) is 0 Å². The zero-order valence-electron chi connectivity index (χ0n) is 10.5. The number of nitrogens with one attached hydrogen (secondary N) is 2. The fourth-order valence-electron chi connectivity index (χ4n) is 1.35. The molecule has 0 fully saturated rings. The van der Waals surface area contributed by atoms with Crippen molar-refractivity contribution in [1.82, 2.24) is 10.6 Å². The predicted octanol–water partition coefficient (Wildman–Crippen LogP) is 2.64. The lowest BCUT2D eigenvalue weighted by Gasteiger charge is -2.15. The number of benzene rings is 1. The van der Waals surface area contributed by atoms with E-state index < -0.39 is 30.5 Å². The number of carbonyl (C=O) groups excluding carboxylic acids is 1. The summed E-state index contributed by atoms with van der Waals surface area (Å²) in [5.41, 5.74) is 0.617. The minimum absolute atomic E-state index is 0.0570. The van der Waals surface area contributed by atoms with Crippen LogP contribution in [0.15, 0.2) is 18.2 Å². The van der Waals surface area contributed by atoms with Crippen molar-refractivity contribution < 1.29 is 22.4 Å². The van der Waals surface area contributed by atoms with E-state index in [0.29, 0.717) is 5.56 Å². The molecular weight excluding hydrogens is 300 g/mol. The van der Waals surface area contributed by atoms with Crippen molar-refractivity contribution in [2.75, 3.05) is 6.54 Å². The highest BCUT2D eigenvalue weighted by molar-refractivity contribution is 6.30. The summed E-state index contributed by atoms with van der Waals surface area (Å²) in [4.78, 5) is 11.4. The summed E-state index contributed by atoms with van der Waals surface area (Å²) in [5, 5.41) is 4.43. The average molecular weight is 313 g/mol. The molecule has 3 nitrogen and oxygen atoms in total. The Kier molecular flexibility index (Phi) is 5.76. The van der Waals surface area contributed by atoms with Gasteiger partial charge in [0.25, 0.3) is 0 Å². The van der Waals surface area contributed by atoms with Crippen LogP contribution in [0, 0.1) is 5.82 Å². The van der Waals surface area contributed by atoms with Crippen LogP contribution in [0.1, 0.15) is 12.5 Å². The Morgan fingerprint density at radius 2 is 2.05 bits per heavy atom. The number of hydrogen-bond acceptors (Lipinski definition) is 2. The van der Waals surface area contributed by atoms with Crippen molar-refractivity contribution in [2.24, 2.45) is 0 Å². The third kappa shape index (κ3) is 5.75. The van der Waals surface area contributed by atoms with Gasteiger partial charge in [0.1, 0.15) is 12.4 Å². The molecule has 1 rings (SSSR count). The molecule has 1 unspecified atom stereocenters. The average Bonchev–Trinajstić information content (AvgIpc) is 2.36. The molecule has 1 amide bonds. The van der Waals surface area contributed by atoms with Gasteiger partial charge in [-0.25, -0.2) is 4.39 Å². The Labute approximate surface area is 118 Å². The predicted molar refractivity (Wildman–Crippen MR) is 66.8 cm³/mol. The lowest BCUT2D eigenvalue weighted by molar-refractivity contribution is -0.139. The van der Waals surface area contributed by atoms with Crippen molar-refractivity contribution in [3.8, 4) is 0 Å². The Morgan fingerprint density at radius 1 is 1.40 bits per heavy atom. The second-order valence-corrected chi connectivity index (χ2v) is 4.59. The lowest BCUT2D eigenvalue weighted by atomic mass is 10.2.